The molecule has 2 aromatic carbocycles. The Hall–Kier alpha value is -0.116. The standard InChI is InChI=1S/C7H5O2.C6H6.In.Y.3H/c8-7(9)6-4-2-1-3-5-6;1-2-4-6-5-3-1;;;;;/h2-5H,(H,8,9);1-6H;;;;;. The van der Waals surface area contributed by atoms with Gasteiger partial charge in [0, 0.05) is 0 Å². The second-order valence-corrected chi connectivity index (χ2v) is 4.72. The molecule has 84 valence electrons. The monoisotopic (exact) mass is 406 g/mol. The van der Waals surface area contributed by atoms with Gasteiger partial charge in [0.25, 0.3) is 0 Å². The topological polar surface area (TPSA) is 37.3 Å². The number of aromatic carboxylic acids is 1. The average Bonchev–Trinajstić information content (AvgIpc) is 2.32. The molecule has 0 aromatic heterocycles. The Balaban J connectivity index is 0.000000316. The van der Waals surface area contributed by atoms with Crippen molar-refractivity contribution in [3.8, 4) is 0 Å². The van der Waals surface area contributed by atoms with E-state index in [2.05, 4.69) is 0 Å². The van der Waals surface area contributed by atoms with E-state index in [-0.39, 0.29) is 25.8 Å². The smallest absolute Gasteiger partial charge is 0.0623 e. The Morgan fingerprint density at radius 2 is 1.24 bits per heavy atom. The summed E-state index contributed by atoms with van der Waals surface area (Å²) in [6, 6.07) is 18.9. The van der Waals surface area contributed by atoms with Crippen LogP contribution < -0.4 is 2.37 Å². The molecule has 0 heterocycles. The summed E-state index contributed by atoms with van der Waals surface area (Å²) in [5.74, 6) is -0.861. The van der Waals surface area contributed by atoms with Crippen molar-refractivity contribution in [1.82, 2.24) is 0 Å². The van der Waals surface area contributed by atoms with Gasteiger partial charge in [0.1, 0.15) is 0 Å². The van der Waals surface area contributed by atoms with Gasteiger partial charge in [0.05, 0.1) is 0 Å². The van der Waals surface area contributed by atoms with Crippen LogP contribution in [0, 0.1) is 0 Å². The maximum Gasteiger partial charge on any atom is -0.0623 e. The number of carboxylic acids is 1. The molecule has 0 bridgehead atoms. The van der Waals surface area contributed by atoms with E-state index in [0.717, 1.165) is 31.0 Å². The number of benzene rings is 2. The number of hydrogen-bond donors (Lipinski definition) is 1. The largest absolute Gasteiger partial charge is 0.0623 e. The Kier molecular flexibility index (Phi) is 9.80. The summed E-state index contributed by atoms with van der Waals surface area (Å²) >= 11 is 1.04. The molecule has 0 saturated carbocycles. The summed E-state index contributed by atoms with van der Waals surface area (Å²) < 4.78 is 1.20. The van der Waals surface area contributed by atoms with Crippen LogP contribution >= 0.6 is 0 Å². The van der Waals surface area contributed by atoms with E-state index in [4.69, 9.17) is 5.11 Å². The molecule has 0 unspecified atom stereocenters. The minimum Gasteiger partial charge on any atom is -0.0623 e. The van der Waals surface area contributed by atoms with E-state index >= 15 is 0 Å². The van der Waals surface area contributed by atoms with E-state index in [0.29, 0.717) is 5.56 Å². The molecular weight excluding hydrogens is 392 g/mol. The zero-order valence-corrected chi connectivity index (χ0v) is 11.5. The molecule has 2 nitrogen and oxygen atoms in total. The molecule has 0 aliphatic heterocycles. The fraction of sp³-hybridized carbons (Fsp3) is 0. The van der Waals surface area contributed by atoms with Crippen molar-refractivity contribution in [3.63, 3.8) is 0 Å². The molecule has 0 fully saturated rings. The Bertz CT molecular complexity index is 402. The first-order valence-electron chi connectivity index (χ1n) is 4.79. The third-order valence-corrected chi connectivity index (χ3v) is 2.77. The van der Waals surface area contributed by atoms with Crippen molar-refractivity contribution < 1.29 is 40.9 Å². The van der Waals surface area contributed by atoms with Crippen LogP contribution in [-0.2, 0) is 31.0 Å². The first-order chi connectivity index (χ1) is 7.70. The third-order valence-electron chi connectivity index (χ3n) is 1.82. The van der Waals surface area contributed by atoms with Crippen LogP contribution in [0.5, 0.6) is 0 Å². The van der Waals surface area contributed by atoms with Gasteiger partial charge < -0.3 is 0 Å². The van der Waals surface area contributed by atoms with Gasteiger partial charge in [-0.05, 0) is 0 Å². The summed E-state index contributed by atoms with van der Waals surface area (Å²) in [6.07, 6.45) is 0. The summed E-state index contributed by atoms with van der Waals surface area (Å²) in [6.45, 7) is 0. The average molecular weight is 406 g/mol. The Morgan fingerprint density at radius 1 is 0.882 bits per heavy atom. The van der Waals surface area contributed by atoms with Gasteiger partial charge in [-0.3, -0.25) is 0 Å². The van der Waals surface area contributed by atoms with Crippen molar-refractivity contribution >= 4 is 34.2 Å². The summed E-state index contributed by atoms with van der Waals surface area (Å²) in [5, 5.41) is 8.49. The number of rotatable bonds is 1. The first kappa shape index (κ1) is 16.9. The fourth-order valence-corrected chi connectivity index (χ4v) is 1.48. The molecule has 0 amide bonds. The quantitative estimate of drug-likeness (QED) is 0.770. The fourth-order valence-electron chi connectivity index (χ4n) is 1.01. The van der Waals surface area contributed by atoms with E-state index in [1.165, 1.54) is 2.37 Å². The predicted molar refractivity (Wildman–Crippen MR) is 69.4 cm³/mol. The van der Waals surface area contributed by atoms with E-state index < -0.39 is 5.97 Å². The second-order valence-electron chi connectivity index (χ2n) is 3.08. The Morgan fingerprint density at radius 3 is 1.53 bits per heavy atom. The van der Waals surface area contributed by atoms with Crippen LogP contribution in [0.3, 0.4) is 0 Å². The minimum absolute atomic E-state index is 0. The number of hydrogen-bond acceptors (Lipinski definition) is 1. The first-order valence-corrected chi connectivity index (χ1v) is 6.21. The maximum atomic E-state index is 10.3. The zero-order valence-electron chi connectivity index (χ0n) is 8.71. The van der Waals surface area contributed by atoms with Crippen LogP contribution in [0.2, 0.25) is 0 Å². The molecule has 1 N–H and O–H groups in total. The summed E-state index contributed by atoms with van der Waals surface area (Å²) in [5.41, 5.74) is 0.359. The van der Waals surface area contributed by atoms with Crippen LogP contribution in [-0.4, -0.2) is 36.9 Å². The van der Waals surface area contributed by atoms with Crippen molar-refractivity contribution in [2.45, 2.75) is 0 Å². The van der Waals surface area contributed by atoms with Crippen LogP contribution in [0.25, 0.3) is 0 Å². The number of carboxylic acid groups (broad SMARTS) is 1. The van der Waals surface area contributed by atoms with Gasteiger partial charge in [0.2, 0.25) is 0 Å². The summed E-state index contributed by atoms with van der Waals surface area (Å²) in [4.78, 5) is 10.3. The van der Waals surface area contributed by atoms with Gasteiger partial charge in [-0.25, -0.2) is 0 Å². The second kappa shape index (κ2) is 9.87. The zero-order chi connectivity index (χ0) is 11.8. The molecule has 4 heteroatoms. The van der Waals surface area contributed by atoms with Crippen molar-refractivity contribution in [2.24, 2.45) is 0 Å². The van der Waals surface area contributed by atoms with E-state index in [9.17, 15) is 4.79 Å². The maximum absolute atomic E-state index is 10.3. The van der Waals surface area contributed by atoms with Gasteiger partial charge in [-0.1, -0.05) is 36.4 Å². The van der Waals surface area contributed by atoms with Crippen molar-refractivity contribution in [3.05, 3.63) is 66.2 Å². The molecule has 2 aromatic rings. The third kappa shape index (κ3) is 7.74. The molecule has 17 heavy (non-hydrogen) atoms. The van der Waals surface area contributed by atoms with Gasteiger partial charge in [-0.15, -0.1) is 0 Å². The predicted octanol–water partition coefficient (Wildman–Crippen LogP) is 1.06. The Labute approximate surface area is 140 Å². The minimum atomic E-state index is -0.861. The van der Waals surface area contributed by atoms with Crippen molar-refractivity contribution in [2.75, 3.05) is 0 Å². The van der Waals surface area contributed by atoms with Crippen LogP contribution in [0.1, 0.15) is 10.4 Å². The molecular formula is C13H14InO2Y. The molecule has 2 rings (SSSR count). The van der Waals surface area contributed by atoms with E-state index in [1.54, 1.807) is 12.1 Å². The van der Waals surface area contributed by atoms with Crippen molar-refractivity contribution in [1.29, 1.82) is 0 Å². The van der Waals surface area contributed by atoms with Crippen LogP contribution in [0.4, 0.5) is 0 Å². The van der Waals surface area contributed by atoms with Gasteiger partial charge in [-0.2, -0.15) is 0 Å². The van der Waals surface area contributed by atoms with Crippen LogP contribution in [0.15, 0.2) is 60.7 Å². The number of carbonyl (C=O) groups is 1. The molecule has 0 atom stereocenters. The molecule has 0 saturated heterocycles. The SMILES string of the molecule is O=C(O)c1cc[c]([Y])cc1.[InH3].c1ccccc1. The summed E-state index contributed by atoms with van der Waals surface area (Å²) in [7, 11) is 0. The molecule has 0 aliphatic rings. The van der Waals surface area contributed by atoms with Gasteiger partial charge >= 0.3 is 105 Å². The molecule has 0 radical (unpaired) electrons. The van der Waals surface area contributed by atoms with Gasteiger partial charge in [0.15, 0.2) is 0 Å². The normalized spacial score (nSPS) is 8.18. The molecule has 0 aliphatic carbocycles. The molecule has 0 spiro atoms. The van der Waals surface area contributed by atoms with E-state index in [1.807, 2.05) is 48.5 Å².